The second-order valence-electron chi connectivity index (χ2n) is 10.0. The first kappa shape index (κ1) is 26.6. The van der Waals surface area contributed by atoms with Crippen LogP contribution in [0.25, 0.3) is 11.1 Å². The summed E-state index contributed by atoms with van der Waals surface area (Å²) in [6.45, 7) is 10.6. The van der Waals surface area contributed by atoms with Crippen LogP contribution < -0.4 is 4.31 Å². The van der Waals surface area contributed by atoms with E-state index in [1.807, 2.05) is 19.1 Å². The number of para-hydroxylation sites is 1. The largest absolute Gasteiger partial charge is 0.457 e. The van der Waals surface area contributed by atoms with Gasteiger partial charge in [-0.15, -0.1) is 6.58 Å². The molecule has 39 heavy (non-hydrogen) atoms. The van der Waals surface area contributed by atoms with Crippen molar-refractivity contribution < 1.29 is 27.5 Å². The van der Waals surface area contributed by atoms with Crippen LogP contribution in [0.15, 0.2) is 90.0 Å². The number of β-lactam (4-membered cyclic amide) rings is 1. The van der Waals surface area contributed by atoms with Crippen LogP contribution in [-0.2, 0) is 29.1 Å². The zero-order valence-electron chi connectivity index (χ0n) is 21.9. The van der Waals surface area contributed by atoms with Crippen molar-refractivity contribution in [3.05, 3.63) is 85.1 Å². The summed E-state index contributed by atoms with van der Waals surface area (Å²) in [4.78, 5) is 40.9. The van der Waals surface area contributed by atoms with Crippen molar-refractivity contribution in [3.63, 3.8) is 0 Å². The quantitative estimate of drug-likeness (QED) is 0.267. The molecule has 0 saturated carbocycles. The Morgan fingerprint density at radius 2 is 1.72 bits per heavy atom. The number of ketones is 1. The normalized spacial score (nSPS) is 23.2. The number of amides is 1. The molecule has 3 unspecified atom stereocenters. The van der Waals surface area contributed by atoms with Gasteiger partial charge in [0.05, 0.1) is 29.1 Å². The average molecular weight is 547 g/mol. The summed E-state index contributed by atoms with van der Waals surface area (Å²) in [5, 5.41) is 0. The van der Waals surface area contributed by atoms with Crippen LogP contribution in [0, 0.1) is 17.8 Å². The molecule has 3 aliphatic heterocycles. The van der Waals surface area contributed by atoms with Crippen molar-refractivity contribution in [2.75, 3.05) is 17.5 Å². The first-order chi connectivity index (χ1) is 18.6. The van der Waals surface area contributed by atoms with Crippen LogP contribution in [-0.4, -0.2) is 50.2 Å². The van der Waals surface area contributed by atoms with Crippen LogP contribution in [0.1, 0.15) is 20.3 Å². The number of hydrogen-bond donors (Lipinski definition) is 0. The Bertz CT molecular complexity index is 1540. The lowest BCUT2D eigenvalue weighted by atomic mass is 9.72. The summed E-state index contributed by atoms with van der Waals surface area (Å²) in [5.41, 5.74) is 2.38. The molecule has 0 radical (unpaired) electrons. The molecule has 0 spiro atoms. The molecule has 9 heteroatoms. The van der Waals surface area contributed by atoms with E-state index < -0.39 is 39.8 Å². The number of sulfonamides is 1. The highest BCUT2D eigenvalue weighted by atomic mass is 32.2. The van der Waals surface area contributed by atoms with Gasteiger partial charge in [-0.2, -0.15) is 0 Å². The van der Waals surface area contributed by atoms with E-state index in [1.54, 1.807) is 43.3 Å². The van der Waals surface area contributed by atoms with E-state index >= 15 is 0 Å². The SMILES string of the molecule is C=CCOC(=O)C1=C(CN2c3ccccc3-c3ccccc3S2(=O)=O)C(C)C2C([C@@H](C)C(=O)CC=C)C(=O)N12. The third-order valence-electron chi connectivity index (χ3n) is 7.95. The van der Waals surface area contributed by atoms with Crippen molar-refractivity contribution in [2.24, 2.45) is 17.8 Å². The molecule has 8 nitrogen and oxygen atoms in total. The van der Waals surface area contributed by atoms with Crippen molar-refractivity contribution >= 4 is 33.4 Å². The van der Waals surface area contributed by atoms with Crippen LogP contribution in [0.4, 0.5) is 5.69 Å². The molecule has 0 aromatic heterocycles. The Morgan fingerprint density at radius 1 is 1.05 bits per heavy atom. The Hall–Kier alpha value is -3.98. The highest BCUT2D eigenvalue weighted by Gasteiger charge is 2.61. The van der Waals surface area contributed by atoms with Crippen LogP contribution in [0.2, 0.25) is 0 Å². The molecular formula is C30H30N2O6S. The molecule has 3 aliphatic rings. The minimum atomic E-state index is -3.99. The molecule has 0 aliphatic carbocycles. The van der Waals surface area contributed by atoms with Gasteiger partial charge in [-0.1, -0.05) is 69.0 Å². The van der Waals surface area contributed by atoms with Gasteiger partial charge in [-0.25, -0.2) is 13.2 Å². The van der Waals surface area contributed by atoms with Crippen molar-refractivity contribution in [1.29, 1.82) is 0 Å². The second kappa shape index (κ2) is 9.96. The van der Waals surface area contributed by atoms with Crippen molar-refractivity contribution in [3.8, 4) is 11.1 Å². The zero-order chi connectivity index (χ0) is 28.1. The molecule has 1 saturated heterocycles. The fourth-order valence-electron chi connectivity index (χ4n) is 6.00. The van der Waals surface area contributed by atoms with E-state index in [9.17, 15) is 22.8 Å². The van der Waals surface area contributed by atoms with Crippen LogP contribution in [0.5, 0.6) is 0 Å². The number of anilines is 1. The predicted octanol–water partition coefficient (Wildman–Crippen LogP) is 4.10. The molecule has 2 aromatic carbocycles. The van der Waals surface area contributed by atoms with Gasteiger partial charge in [0, 0.05) is 29.4 Å². The first-order valence-electron chi connectivity index (χ1n) is 12.8. The van der Waals surface area contributed by atoms with Crippen LogP contribution >= 0.6 is 0 Å². The predicted molar refractivity (Wildman–Crippen MR) is 147 cm³/mol. The van der Waals surface area contributed by atoms with Crippen molar-refractivity contribution in [2.45, 2.75) is 31.2 Å². The van der Waals surface area contributed by atoms with Gasteiger partial charge < -0.3 is 9.64 Å². The summed E-state index contributed by atoms with van der Waals surface area (Å²) in [5.74, 6) is -2.77. The molecule has 1 amide bonds. The second-order valence-corrected chi connectivity index (χ2v) is 11.9. The van der Waals surface area contributed by atoms with Gasteiger partial charge in [0.25, 0.3) is 10.0 Å². The number of carbonyl (C=O) groups is 3. The number of benzene rings is 2. The summed E-state index contributed by atoms with van der Waals surface area (Å²) < 4.78 is 34.5. The van der Waals surface area contributed by atoms with E-state index in [2.05, 4.69) is 13.2 Å². The number of fused-ring (bicyclic) bond motifs is 4. The summed E-state index contributed by atoms with van der Waals surface area (Å²) >= 11 is 0. The number of hydrogen-bond acceptors (Lipinski definition) is 6. The Morgan fingerprint density at radius 3 is 2.41 bits per heavy atom. The van der Waals surface area contributed by atoms with E-state index in [0.717, 1.165) is 5.56 Å². The van der Waals surface area contributed by atoms with Crippen LogP contribution in [0.3, 0.4) is 0 Å². The number of esters is 1. The lowest BCUT2D eigenvalue weighted by molar-refractivity contribution is -0.162. The summed E-state index contributed by atoms with van der Waals surface area (Å²) in [6, 6.07) is 13.6. The van der Waals surface area contributed by atoms with Gasteiger partial charge in [0.15, 0.2) is 0 Å². The van der Waals surface area contributed by atoms with E-state index in [4.69, 9.17) is 4.74 Å². The van der Waals surface area contributed by atoms with Gasteiger partial charge in [-0.3, -0.25) is 13.9 Å². The number of rotatable bonds is 9. The Balaban J connectivity index is 1.59. The maximum absolute atomic E-state index is 13.9. The van der Waals surface area contributed by atoms with E-state index in [0.29, 0.717) is 16.8 Å². The fourth-order valence-corrected chi connectivity index (χ4v) is 7.67. The molecule has 1 fully saturated rings. The Labute approximate surface area is 228 Å². The highest BCUT2D eigenvalue weighted by molar-refractivity contribution is 7.93. The third-order valence-corrected chi connectivity index (χ3v) is 9.76. The first-order valence-corrected chi connectivity index (χ1v) is 14.3. The minimum Gasteiger partial charge on any atom is -0.457 e. The van der Waals surface area contributed by atoms with E-state index in [-0.39, 0.29) is 41.9 Å². The smallest absolute Gasteiger partial charge is 0.355 e. The molecule has 202 valence electrons. The summed E-state index contributed by atoms with van der Waals surface area (Å²) in [6.07, 6.45) is 3.08. The zero-order valence-corrected chi connectivity index (χ0v) is 22.7. The fraction of sp³-hybridized carbons (Fsp3) is 0.300. The third kappa shape index (κ3) is 4.03. The maximum Gasteiger partial charge on any atom is 0.355 e. The lowest BCUT2D eigenvalue weighted by Gasteiger charge is -2.47. The average Bonchev–Trinajstić information content (AvgIpc) is 3.17. The van der Waals surface area contributed by atoms with E-state index in [1.165, 1.54) is 21.4 Å². The highest BCUT2D eigenvalue weighted by Crippen LogP contribution is 2.51. The monoisotopic (exact) mass is 546 g/mol. The molecule has 0 N–H and O–H groups in total. The number of Topliss-reactive ketones (excluding diaryl/α,β-unsaturated/α-hetero) is 1. The number of ether oxygens (including phenoxy) is 1. The number of allylic oxidation sites excluding steroid dienone is 1. The van der Waals surface area contributed by atoms with Gasteiger partial charge in [0.1, 0.15) is 18.1 Å². The number of nitrogens with zero attached hydrogens (tertiary/aromatic N) is 2. The topological polar surface area (TPSA) is 101 Å². The molecule has 2 aromatic rings. The molecule has 3 heterocycles. The van der Waals surface area contributed by atoms with Gasteiger partial charge >= 0.3 is 5.97 Å². The Kier molecular flexibility index (Phi) is 6.80. The summed E-state index contributed by atoms with van der Waals surface area (Å²) in [7, 11) is -3.99. The number of carbonyl (C=O) groups excluding carboxylic acids is 3. The minimum absolute atomic E-state index is 0.0468. The maximum atomic E-state index is 13.9. The lowest BCUT2D eigenvalue weighted by Crippen LogP contribution is -2.63. The molecular weight excluding hydrogens is 516 g/mol. The molecule has 0 bridgehead atoms. The van der Waals surface area contributed by atoms with Crippen molar-refractivity contribution in [1.82, 2.24) is 4.90 Å². The standard InChI is InChI=1S/C30H30N2O6S/c1-5-11-24(33)19(4)26-27-18(3)22(28(32(27)29(26)34)30(35)38-16-6-2)17-31-23-14-9-7-12-20(23)21-13-8-10-15-25(21)39(31,36)37/h5-10,12-15,18-19,26-27H,1-2,11,16-17H2,3-4H3/t18?,19-,26?,27?/m0/s1. The van der Waals surface area contributed by atoms with Gasteiger partial charge in [0.2, 0.25) is 5.91 Å². The molecule has 4 atom stereocenters. The van der Waals surface area contributed by atoms with Gasteiger partial charge in [-0.05, 0) is 17.7 Å². The molecule has 5 rings (SSSR count).